The monoisotopic (exact) mass is 290 g/mol. The van der Waals surface area contributed by atoms with Crippen molar-refractivity contribution in [2.75, 3.05) is 11.1 Å². The molecule has 2 aromatic rings. The van der Waals surface area contributed by atoms with E-state index in [-0.39, 0.29) is 5.95 Å². The smallest absolute Gasteiger partial charge is 0.222 e. The highest BCUT2D eigenvalue weighted by molar-refractivity contribution is 5.53. The highest BCUT2D eigenvalue weighted by atomic mass is 19.1. The first-order valence-electron chi connectivity index (χ1n) is 6.75. The van der Waals surface area contributed by atoms with E-state index in [9.17, 15) is 8.78 Å². The molecule has 3 rings (SSSR count). The normalized spacial score (nSPS) is 15.8. The van der Waals surface area contributed by atoms with Crippen LogP contribution in [-0.4, -0.2) is 9.97 Å². The van der Waals surface area contributed by atoms with Gasteiger partial charge >= 0.3 is 0 Å². The largest absolute Gasteiger partial charge is 0.368 e. The quantitative estimate of drug-likeness (QED) is 0.912. The van der Waals surface area contributed by atoms with Gasteiger partial charge in [0.25, 0.3) is 0 Å². The zero-order valence-electron chi connectivity index (χ0n) is 11.9. The van der Waals surface area contributed by atoms with Gasteiger partial charge in [-0.25, -0.2) is 13.8 Å². The fraction of sp³-hybridized carbons (Fsp3) is 0.333. The molecule has 1 saturated carbocycles. The van der Waals surface area contributed by atoms with Crippen molar-refractivity contribution in [2.24, 2.45) is 0 Å². The lowest BCUT2D eigenvalue weighted by atomic mass is 10.0. The van der Waals surface area contributed by atoms with Gasteiger partial charge in [-0.15, -0.1) is 0 Å². The summed E-state index contributed by atoms with van der Waals surface area (Å²) in [4.78, 5) is 8.29. The Morgan fingerprint density at radius 3 is 2.29 bits per heavy atom. The third-order valence-electron chi connectivity index (χ3n) is 3.93. The number of anilines is 2. The zero-order chi connectivity index (χ0) is 15.2. The van der Waals surface area contributed by atoms with Crippen LogP contribution in [0.1, 0.15) is 29.7 Å². The summed E-state index contributed by atoms with van der Waals surface area (Å²) >= 11 is 0. The highest BCUT2D eigenvalue weighted by Crippen LogP contribution is 2.48. The van der Waals surface area contributed by atoms with Gasteiger partial charge in [0, 0.05) is 17.3 Å². The second-order valence-electron chi connectivity index (χ2n) is 5.51. The third-order valence-corrected chi connectivity index (χ3v) is 3.93. The van der Waals surface area contributed by atoms with E-state index in [1.807, 2.05) is 13.8 Å². The fourth-order valence-corrected chi connectivity index (χ4v) is 2.44. The van der Waals surface area contributed by atoms with Crippen LogP contribution in [0, 0.1) is 25.5 Å². The second kappa shape index (κ2) is 4.65. The molecule has 0 unspecified atom stereocenters. The van der Waals surface area contributed by atoms with Crippen molar-refractivity contribution in [3.63, 3.8) is 0 Å². The number of nitrogen functional groups attached to an aromatic ring is 1. The summed E-state index contributed by atoms with van der Waals surface area (Å²) < 4.78 is 26.8. The van der Waals surface area contributed by atoms with Gasteiger partial charge in [-0.1, -0.05) is 0 Å². The molecule has 110 valence electrons. The number of aromatic nitrogens is 2. The Morgan fingerprint density at radius 2 is 1.71 bits per heavy atom. The SMILES string of the molecule is Cc1nc(N)nc(NC2(c3cc(F)cc(F)c3)CC2)c1C. The van der Waals surface area contributed by atoms with Crippen LogP contribution < -0.4 is 11.1 Å². The Morgan fingerprint density at radius 1 is 1.10 bits per heavy atom. The molecule has 1 fully saturated rings. The molecule has 0 aliphatic heterocycles. The van der Waals surface area contributed by atoms with Crippen LogP contribution in [0.2, 0.25) is 0 Å². The highest BCUT2D eigenvalue weighted by Gasteiger charge is 2.45. The van der Waals surface area contributed by atoms with Crippen molar-refractivity contribution in [3.05, 3.63) is 46.7 Å². The number of halogens is 2. The van der Waals surface area contributed by atoms with Crippen LogP contribution >= 0.6 is 0 Å². The van der Waals surface area contributed by atoms with Crippen molar-refractivity contribution in [1.29, 1.82) is 0 Å². The Labute approximate surface area is 121 Å². The summed E-state index contributed by atoms with van der Waals surface area (Å²) in [5.74, 6) is -0.356. The number of rotatable bonds is 3. The third kappa shape index (κ3) is 2.53. The minimum atomic E-state index is -0.576. The van der Waals surface area contributed by atoms with E-state index in [1.54, 1.807) is 0 Å². The van der Waals surface area contributed by atoms with E-state index in [2.05, 4.69) is 15.3 Å². The molecule has 0 atom stereocenters. The molecule has 0 bridgehead atoms. The summed E-state index contributed by atoms with van der Waals surface area (Å²) in [5, 5.41) is 3.29. The van der Waals surface area contributed by atoms with Crippen molar-refractivity contribution < 1.29 is 8.78 Å². The van der Waals surface area contributed by atoms with Gasteiger partial charge in [-0.05, 0) is 44.4 Å². The van der Waals surface area contributed by atoms with Crippen LogP contribution in [0.5, 0.6) is 0 Å². The average molecular weight is 290 g/mol. The molecule has 1 aliphatic carbocycles. The molecule has 0 amide bonds. The maximum absolute atomic E-state index is 13.4. The Hall–Kier alpha value is -2.24. The van der Waals surface area contributed by atoms with E-state index in [4.69, 9.17) is 5.73 Å². The number of hydrogen-bond acceptors (Lipinski definition) is 4. The van der Waals surface area contributed by atoms with Crippen molar-refractivity contribution >= 4 is 11.8 Å². The Balaban J connectivity index is 1.97. The molecule has 0 saturated heterocycles. The topological polar surface area (TPSA) is 63.8 Å². The zero-order valence-corrected chi connectivity index (χ0v) is 11.9. The molecule has 1 aromatic heterocycles. The van der Waals surface area contributed by atoms with E-state index in [0.717, 1.165) is 30.2 Å². The lowest BCUT2D eigenvalue weighted by Crippen LogP contribution is -2.21. The molecular formula is C15H16F2N4. The number of nitrogens with zero attached hydrogens (tertiary/aromatic N) is 2. The summed E-state index contributed by atoms with van der Waals surface area (Å²) in [6.07, 6.45) is 1.58. The van der Waals surface area contributed by atoms with Gasteiger partial charge in [-0.2, -0.15) is 4.98 Å². The minimum absolute atomic E-state index is 0.182. The van der Waals surface area contributed by atoms with E-state index in [0.29, 0.717) is 11.4 Å². The van der Waals surface area contributed by atoms with Crippen LogP contribution in [0.25, 0.3) is 0 Å². The number of hydrogen-bond donors (Lipinski definition) is 2. The first-order chi connectivity index (χ1) is 9.89. The summed E-state index contributed by atoms with van der Waals surface area (Å²) in [6, 6.07) is 3.59. The van der Waals surface area contributed by atoms with Crippen LogP contribution in [0.4, 0.5) is 20.5 Å². The lowest BCUT2D eigenvalue weighted by Gasteiger charge is -2.21. The Bertz CT molecular complexity index is 691. The maximum atomic E-state index is 13.4. The van der Waals surface area contributed by atoms with Crippen LogP contribution in [0.3, 0.4) is 0 Å². The predicted octanol–water partition coefficient (Wildman–Crippen LogP) is 3.06. The Kier molecular flexibility index (Phi) is 3.04. The predicted molar refractivity (Wildman–Crippen MR) is 76.8 cm³/mol. The summed E-state index contributed by atoms with van der Waals surface area (Å²) in [7, 11) is 0. The molecular weight excluding hydrogens is 274 g/mol. The first kappa shape index (κ1) is 13.7. The van der Waals surface area contributed by atoms with E-state index < -0.39 is 17.2 Å². The van der Waals surface area contributed by atoms with E-state index >= 15 is 0 Å². The van der Waals surface area contributed by atoms with Crippen molar-refractivity contribution in [3.8, 4) is 0 Å². The van der Waals surface area contributed by atoms with Gasteiger partial charge in [0.05, 0.1) is 5.54 Å². The summed E-state index contributed by atoms with van der Waals surface area (Å²) in [5.41, 5.74) is 7.46. The van der Waals surface area contributed by atoms with Crippen LogP contribution in [-0.2, 0) is 5.54 Å². The number of benzene rings is 1. The minimum Gasteiger partial charge on any atom is -0.368 e. The van der Waals surface area contributed by atoms with E-state index in [1.165, 1.54) is 12.1 Å². The van der Waals surface area contributed by atoms with Gasteiger partial charge in [0.2, 0.25) is 5.95 Å². The average Bonchev–Trinajstić information content (AvgIpc) is 3.15. The van der Waals surface area contributed by atoms with Gasteiger partial charge in [0.15, 0.2) is 0 Å². The summed E-state index contributed by atoms with van der Waals surface area (Å²) in [6.45, 7) is 3.74. The second-order valence-corrected chi connectivity index (χ2v) is 5.51. The number of nitrogens with two attached hydrogens (primary N) is 1. The molecule has 6 heteroatoms. The molecule has 0 radical (unpaired) electrons. The molecule has 0 spiro atoms. The first-order valence-corrected chi connectivity index (χ1v) is 6.75. The molecule has 1 heterocycles. The van der Waals surface area contributed by atoms with Gasteiger partial charge in [-0.3, -0.25) is 0 Å². The maximum Gasteiger partial charge on any atom is 0.222 e. The molecule has 3 N–H and O–H groups in total. The van der Waals surface area contributed by atoms with Crippen molar-refractivity contribution in [1.82, 2.24) is 9.97 Å². The molecule has 1 aromatic carbocycles. The standard InChI is InChI=1S/C15H16F2N4/c1-8-9(2)19-14(18)20-13(8)21-15(3-4-15)10-5-11(16)7-12(17)6-10/h5-7H,3-4H2,1-2H3,(H3,18,19,20,21). The molecule has 1 aliphatic rings. The van der Waals surface area contributed by atoms with Crippen LogP contribution in [0.15, 0.2) is 18.2 Å². The lowest BCUT2D eigenvalue weighted by molar-refractivity contribution is 0.575. The van der Waals surface area contributed by atoms with Gasteiger partial charge in [0.1, 0.15) is 17.5 Å². The molecule has 4 nitrogen and oxygen atoms in total. The van der Waals surface area contributed by atoms with Gasteiger partial charge < -0.3 is 11.1 Å². The number of nitrogens with one attached hydrogen (secondary N) is 1. The van der Waals surface area contributed by atoms with Crippen molar-refractivity contribution in [2.45, 2.75) is 32.2 Å². The molecule has 21 heavy (non-hydrogen) atoms. The number of aryl methyl sites for hydroxylation is 1. The fourth-order valence-electron chi connectivity index (χ4n) is 2.44.